The van der Waals surface area contributed by atoms with Crippen LogP contribution in [0.1, 0.15) is 31.2 Å². The van der Waals surface area contributed by atoms with Gasteiger partial charge >= 0.3 is 0 Å². The monoisotopic (exact) mass is 301 g/mol. The molecular weight excluding hydrogens is 282 g/mol. The molecule has 0 aromatic heterocycles. The Morgan fingerprint density at radius 1 is 1.12 bits per heavy atom. The summed E-state index contributed by atoms with van der Waals surface area (Å²) in [7, 11) is 0. The molecule has 4 heteroatoms. The van der Waals surface area contributed by atoms with E-state index in [1.54, 1.807) is 0 Å². The minimum absolute atomic E-state index is 0.291. The Bertz CT molecular complexity index is 331. The molecule has 0 unspecified atom stereocenters. The zero-order valence-corrected chi connectivity index (χ0v) is 11.5. The molecule has 0 heterocycles. The number of aliphatic hydroxyl groups excluding tert-OH is 1. The quantitative estimate of drug-likeness (QED) is 0.647. The number of unbranched alkanes of at least 4 members (excludes halogenated alkanes) is 3. The van der Waals surface area contributed by atoms with Gasteiger partial charge in [-0.3, -0.25) is 0 Å². The van der Waals surface area contributed by atoms with Crippen LogP contribution in [0, 0.1) is 0 Å². The molecule has 3 nitrogen and oxygen atoms in total. The van der Waals surface area contributed by atoms with E-state index < -0.39 is 0 Å². The Morgan fingerprint density at radius 2 is 1.88 bits per heavy atom. The maximum atomic E-state index is 9.76. The van der Waals surface area contributed by atoms with Crippen LogP contribution >= 0.6 is 15.9 Å². The van der Waals surface area contributed by atoms with Crippen molar-refractivity contribution in [3.63, 3.8) is 0 Å². The van der Waals surface area contributed by atoms with E-state index in [0.29, 0.717) is 18.9 Å². The number of aromatic hydroxyl groups is 1. The summed E-state index contributed by atoms with van der Waals surface area (Å²) in [4.78, 5) is 0. The first kappa shape index (κ1) is 14.5. The Morgan fingerprint density at radius 3 is 2.65 bits per heavy atom. The highest BCUT2D eigenvalue weighted by Gasteiger charge is 2.03. The second-order valence-electron chi connectivity index (χ2n) is 4.06. The van der Waals surface area contributed by atoms with Gasteiger partial charge in [0, 0.05) is 18.7 Å². The molecule has 0 aliphatic heterocycles. The van der Waals surface area contributed by atoms with E-state index in [-0.39, 0.29) is 0 Å². The number of hydrogen-bond acceptors (Lipinski definition) is 3. The van der Waals surface area contributed by atoms with Gasteiger partial charge in [-0.05, 0) is 41.4 Å². The van der Waals surface area contributed by atoms with Gasteiger partial charge in [0.15, 0.2) is 0 Å². The number of rotatable bonds is 8. The maximum Gasteiger partial charge on any atom is 0.134 e. The van der Waals surface area contributed by atoms with E-state index in [0.717, 1.165) is 42.3 Å². The fourth-order valence-corrected chi connectivity index (χ4v) is 2.05. The molecule has 0 aliphatic carbocycles. The minimum atomic E-state index is 0.291. The van der Waals surface area contributed by atoms with E-state index in [4.69, 9.17) is 5.11 Å². The molecule has 3 N–H and O–H groups in total. The van der Waals surface area contributed by atoms with Crippen molar-refractivity contribution < 1.29 is 10.2 Å². The molecule has 1 rings (SSSR count). The van der Waals surface area contributed by atoms with Crippen LogP contribution in [0.4, 0.5) is 0 Å². The van der Waals surface area contributed by atoms with E-state index >= 15 is 0 Å². The lowest BCUT2D eigenvalue weighted by Crippen LogP contribution is -2.14. The number of hydrogen-bond donors (Lipinski definition) is 3. The van der Waals surface area contributed by atoms with Gasteiger partial charge < -0.3 is 15.5 Å². The molecule has 96 valence electrons. The first-order valence-corrected chi connectivity index (χ1v) is 6.83. The normalized spacial score (nSPS) is 10.7. The molecule has 1 aromatic rings. The topological polar surface area (TPSA) is 52.5 Å². The lowest BCUT2D eigenvalue weighted by molar-refractivity contribution is 0.282. The Labute approximate surface area is 111 Å². The van der Waals surface area contributed by atoms with E-state index in [9.17, 15) is 5.11 Å². The van der Waals surface area contributed by atoms with Crippen molar-refractivity contribution in [3.8, 4) is 5.75 Å². The largest absolute Gasteiger partial charge is 0.506 e. The van der Waals surface area contributed by atoms with Crippen molar-refractivity contribution >= 4 is 15.9 Å². The fraction of sp³-hybridized carbons (Fsp3) is 0.538. The molecule has 1 aromatic carbocycles. The van der Waals surface area contributed by atoms with Gasteiger partial charge in [-0.2, -0.15) is 0 Å². The van der Waals surface area contributed by atoms with Gasteiger partial charge in [0.25, 0.3) is 0 Å². The van der Waals surface area contributed by atoms with Crippen LogP contribution in [0.5, 0.6) is 5.75 Å². The van der Waals surface area contributed by atoms with Gasteiger partial charge in [-0.25, -0.2) is 0 Å². The predicted octanol–water partition coefficient (Wildman–Crippen LogP) is 2.80. The van der Waals surface area contributed by atoms with Crippen molar-refractivity contribution in [1.29, 1.82) is 0 Å². The first-order valence-electron chi connectivity index (χ1n) is 6.03. The van der Waals surface area contributed by atoms with Crippen molar-refractivity contribution in [1.82, 2.24) is 5.32 Å². The van der Waals surface area contributed by atoms with Crippen LogP contribution in [0.2, 0.25) is 0 Å². The molecular formula is C13H20BrNO2. The standard InChI is InChI=1S/C13H20BrNO2/c14-12-7-5-6-11(13(12)17)10-15-8-3-1-2-4-9-16/h5-7,15-17H,1-4,8-10H2. The molecule has 0 fully saturated rings. The number of benzene rings is 1. The summed E-state index contributed by atoms with van der Waals surface area (Å²) in [6.07, 6.45) is 4.22. The highest BCUT2D eigenvalue weighted by atomic mass is 79.9. The number of phenols is 1. The molecule has 0 aliphatic rings. The summed E-state index contributed by atoms with van der Waals surface area (Å²) in [5.41, 5.74) is 0.912. The van der Waals surface area contributed by atoms with Crippen LogP contribution in [0.15, 0.2) is 22.7 Å². The van der Waals surface area contributed by atoms with Crippen LogP contribution in [-0.4, -0.2) is 23.4 Å². The minimum Gasteiger partial charge on any atom is -0.506 e. The zero-order valence-electron chi connectivity index (χ0n) is 9.95. The van der Waals surface area contributed by atoms with Gasteiger partial charge in [-0.15, -0.1) is 0 Å². The van der Waals surface area contributed by atoms with Crippen LogP contribution in [0.25, 0.3) is 0 Å². The van der Waals surface area contributed by atoms with Crippen molar-refractivity contribution in [3.05, 3.63) is 28.2 Å². The molecule has 0 bridgehead atoms. The summed E-state index contributed by atoms with van der Waals surface area (Å²) >= 11 is 3.30. The van der Waals surface area contributed by atoms with Gasteiger partial charge in [0.2, 0.25) is 0 Å². The fourth-order valence-electron chi connectivity index (χ4n) is 1.64. The van der Waals surface area contributed by atoms with E-state index in [1.165, 1.54) is 0 Å². The molecule has 0 atom stereocenters. The molecule has 0 saturated heterocycles. The molecule has 0 saturated carbocycles. The number of nitrogens with one attached hydrogen (secondary N) is 1. The van der Waals surface area contributed by atoms with E-state index in [1.807, 2.05) is 18.2 Å². The number of halogens is 1. The summed E-state index contributed by atoms with van der Waals surface area (Å²) in [5, 5.41) is 21.7. The number of phenolic OH excluding ortho intramolecular Hbond substituents is 1. The summed E-state index contributed by atoms with van der Waals surface area (Å²) in [5.74, 6) is 0.320. The maximum absolute atomic E-state index is 9.76. The SMILES string of the molecule is OCCCCCCNCc1cccc(Br)c1O. The smallest absolute Gasteiger partial charge is 0.134 e. The highest BCUT2D eigenvalue weighted by Crippen LogP contribution is 2.27. The molecule has 0 spiro atoms. The Kier molecular flexibility index (Phi) is 7.24. The van der Waals surface area contributed by atoms with Crippen LogP contribution in [-0.2, 0) is 6.54 Å². The molecule has 0 radical (unpaired) electrons. The predicted molar refractivity (Wildman–Crippen MR) is 73.1 cm³/mol. The summed E-state index contributed by atoms with van der Waals surface area (Å²) < 4.78 is 0.736. The van der Waals surface area contributed by atoms with Crippen molar-refractivity contribution in [2.24, 2.45) is 0 Å². The summed E-state index contributed by atoms with van der Waals surface area (Å²) in [6, 6.07) is 5.66. The van der Waals surface area contributed by atoms with Gasteiger partial charge in [-0.1, -0.05) is 25.0 Å². The Balaban J connectivity index is 2.16. The summed E-state index contributed by atoms with van der Waals surface area (Å²) in [6.45, 7) is 1.92. The zero-order chi connectivity index (χ0) is 12.5. The highest BCUT2D eigenvalue weighted by molar-refractivity contribution is 9.10. The second-order valence-corrected chi connectivity index (χ2v) is 4.92. The Hall–Kier alpha value is -0.580. The van der Waals surface area contributed by atoms with Crippen LogP contribution in [0.3, 0.4) is 0 Å². The van der Waals surface area contributed by atoms with Gasteiger partial charge in [0.05, 0.1) is 4.47 Å². The van der Waals surface area contributed by atoms with Crippen LogP contribution < -0.4 is 5.32 Å². The lowest BCUT2D eigenvalue weighted by Gasteiger charge is -2.07. The van der Waals surface area contributed by atoms with Crippen molar-refractivity contribution in [2.75, 3.05) is 13.2 Å². The lowest BCUT2D eigenvalue weighted by atomic mass is 10.2. The third-order valence-electron chi connectivity index (χ3n) is 2.65. The van der Waals surface area contributed by atoms with Crippen molar-refractivity contribution in [2.45, 2.75) is 32.2 Å². The van der Waals surface area contributed by atoms with Gasteiger partial charge in [0.1, 0.15) is 5.75 Å². The number of aliphatic hydroxyl groups is 1. The number of para-hydroxylation sites is 1. The average molecular weight is 302 g/mol. The van der Waals surface area contributed by atoms with E-state index in [2.05, 4.69) is 21.2 Å². The average Bonchev–Trinajstić information content (AvgIpc) is 2.33. The third kappa shape index (κ3) is 5.52. The first-order chi connectivity index (χ1) is 8.25. The molecule has 17 heavy (non-hydrogen) atoms. The molecule has 0 amide bonds. The second kappa shape index (κ2) is 8.50. The third-order valence-corrected chi connectivity index (χ3v) is 3.29.